The molecule has 0 N–H and O–H groups in total. The van der Waals surface area contributed by atoms with E-state index in [0.29, 0.717) is 5.56 Å². The van der Waals surface area contributed by atoms with Crippen LogP contribution in [-0.2, 0) is 0 Å². The minimum absolute atomic E-state index is 0.0841. The Morgan fingerprint density at radius 2 is 2.11 bits per heavy atom. The Kier molecular flexibility index (Phi) is 3.64. The quantitative estimate of drug-likeness (QED) is 0.477. The van der Waals surface area contributed by atoms with Crippen molar-refractivity contribution in [1.29, 1.82) is 5.26 Å². The average molecular weight is 251 g/mol. The summed E-state index contributed by atoms with van der Waals surface area (Å²) in [5, 5.41) is 20.1. The first-order valence-electron chi connectivity index (χ1n) is 5.48. The van der Waals surface area contributed by atoms with Crippen LogP contribution in [0.5, 0.6) is 0 Å². The number of nitro groups is 1. The number of pyridine rings is 1. The molecule has 5 heteroatoms. The van der Waals surface area contributed by atoms with Crippen molar-refractivity contribution in [3.8, 4) is 6.07 Å². The predicted octanol–water partition coefficient (Wildman–Crippen LogP) is 3.05. The molecule has 0 unspecified atom stereocenters. The molecule has 0 fully saturated rings. The van der Waals surface area contributed by atoms with E-state index in [2.05, 4.69) is 4.98 Å². The van der Waals surface area contributed by atoms with E-state index in [1.165, 1.54) is 6.07 Å². The highest BCUT2D eigenvalue weighted by Gasteiger charge is 2.15. The molecule has 92 valence electrons. The molecule has 0 saturated heterocycles. The molecule has 0 atom stereocenters. The van der Waals surface area contributed by atoms with Crippen LogP contribution in [0.3, 0.4) is 0 Å². The second-order valence-corrected chi connectivity index (χ2v) is 3.73. The van der Waals surface area contributed by atoms with Gasteiger partial charge in [0.2, 0.25) is 0 Å². The van der Waals surface area contributed by atoms with Crippen molar-refractivity contribution in [2.75, 3.05) is 0 Å². The van der Waals surface area contributed by atoms with Crippen molar-refractivity contribution in [2.45, 2.75) is 0 Å². The number of aromatic nitrogens is 1. The standard InChI is InChI=1S/C14H9N3O2/c15-9-12(8-11-4-3-7-16-10-11)13-5-1-2-6-14(13)17(18)19/h1-8,10H/b12-8+. The fourth-order valence-electron chi connectivity index (χ4n) is 1.66. The molecular weight excluding hydrogens is 242 g/mol. The van der Waals surface area contributed by atoms with Gasteiger partial charge >= 0.3 is 0 Å². The van der Waals surface area contributed by atoms with Gasteiger partial charge in [0, 0.05) is 18.5 Å². The minimum Gasteiger partial charge on any atom is -0.264 e. The Morgan fingerprint density at radius 3 is 2.74 bits per heavy atom. The molecule has 0 aliphatic heterocycles. The summed E-state index contributed by atoms with van der Waals surface area (Å²) in [5.41, 5.74) is 1.18. The number of hydrogen-bond donors (Lipinski definition) is 0. The molecule has 5 nitrogen and oxygen atoms in total. The largest absolute Gasteiger partial charge is 0.277 e. The number of hydrogen-bond acceptors (Lipinski definition) is 4. The maximum atomic E-state index is 11.0. The topological polar surface area (TPSA) is 79.8 Å². The summed E-state index contributed by atoms with van der Waals surface area (Å²) in [7, 11) is 0. The average Bonchev–Trinajstić information content (AvgIpc) is 2.46. The smallest absolute Gasteiger partial charge is 0.264 e. The van der Waals surface area contributed by atoms with E-state index in [9.17, 15) is 15.4 Å². The number of rotatable bonds is 3. The molecule has 0 amide bonds. The third-order valence-electron chi connectivity index (χ3n) is 2.51. The van der Waals surface area contributed by atoms with Crippen LogP contribution in [0.4, 0.5) is 5.69 Å². The summed E-state index contributed by atoms with van der Waals surface area (Å²) in [6.07, 6.45) is 4.79. The molecule has 1 aromatic carbocycles. The molecule has 2 rings (SSSR count). The van der Waals surface area contributed by atoms with Crippen LogP contribution in [0.2, 0.25) is 0 Å². The van der Waals surface area contributed by atoms with Gasteiger partial charge in [0.05, 0.1) is 16.1 Å². The fraction of sp³-hybridized carbons (Fsp3) is 0. The van der Waals surface area contributed by atoms with Crippen LogP contribution in [0.1, 0.15) is 11.1 Å². The van der Waals surface area contributed by atoms with Crippen molar-refractivity contribution in [3.63, 3.8) is 0 Å². The third-order valence-corrected chi connectivity index (χ3v) is 2.51. The Hall–Kier alpha value is -3.00. The highest BCUT2D eigenvalue weighted by molar-refractivity contribution is 5.92. The fourth-order valence-corrected chi connectivity index (χ4v) is 1.66. The molecule has 0 spiro atoms. The van der Waals surface area contributed by atoms with Gasteiger partial charge in [-0.2, -0.15) is 5.26 Å². The molecular formula is C14H9N3O2. The lowest BCUT2D eigenvalue weighted by Crippen LogP contribution is -1.93. The molecule has 0 aliphatic rings. The lowest BCUT2D eigenvalue weighted by Gasteiger charge is -2.01. The molecule has 1 heterocycles. The highest BCUT2D eigenvalue weighted by atomic mass is 16.6. The molecule has 1 aromatic heterocycles. The molecule has 0 saturated carbocycles. The number of nitriles is 1. The Balaban J connectivity index is 2.53. The van der Waals surface area contributed by atoms with E-state index < -0.39 is 4.92 Å². The van der Waals surface area contributed by atoms with Gasteiger partial charge in [0.25, 0.3) is 5.69 Å². The van der Waals surface area contributed by atoms with Gasteiger partial charge in [-0.15, -0.1) is 0 Å². The zero-order valence-electron chi connectivity index (χ0n) is 9.85. The van der Waals surface area contributed by atoms with E-state index in [1.54, 1.807) is 48.8 Å². The SMILES string of the molecule is N#C/C(=C\c1cccnc1)c1ccccc1[N+](=O)[O-]. The molecule has 19 heavy (non-hydrogen) atoms. The van der Waals surface area contributed by atoms with Crippen LogP contribution in [0, 0.1) is 21.4 Å². The maximum absolute atomic E-state index is 11.0. The Bertz CT molecular complexity index is 673. The van der Waals surface area contributed by atoms with Gasteiger partial charge in [-0.05, 0) is 23.8 Å². The number of nitro benzene ring substituents is 1. The summed E-state index contributed by atoms with van der Waals surface area (Å²) >= 11 is 0. The maximum Gasteiger partial charge on any atom is 0.277 e. The predicted molar refractivity (Wildman–Crippen MR) is 70.8 cm³/mol. The first kappa shape index (κ1) is 12.5. The number of allylic oxidation sites excluding steroid dienone is 1. The first-order valence-corrected chi connectivity index (χ1v) is 5.48. The summed E-state index contributed by atoms with van der Waals surface area (Å²) in [5.74, 6) is 0. The van der Waals surface area contributed by atoms with E-state index >= 15 is 0 Å². The van der Waals surface area contributed by atoms with Crippen molar-refractivity contribution in [2.24, 2.45) is 0 Å². The van der Waals surface area contributed by atoms with E-state index in [1.807, 2.05) is 6.07 Å². The molecule has 0 aliphatic carbocycles. The van der Waals surface area contributed by atoms with E-state index in [-0.39, 0.29) is 11.3 Å². The van der Waals surface area contributed by atoms with Gasteiger partial charge in [-0.1, -0.05) is 18.2 Å². The summed E-state index contributed by atoms with van der Waals surface area (Å²) in [4.78, 5) is 14.4. The van der Waals surface area contributed by atoms with Crippen LogP contribution >= 0.6 is 0 Å². The van der Waals surface area contributed by atoms with Crippen molar-refractivity contribution >= 4 is 17.3 Å². The van der Waals surface area contributed by atoms with E-state index in [0.717, 1.165) is 5.56 Å². The molecule has 2 aromatic rings. The zero-order valence-corrected chi connectivity index (χ0v) is 9.85. The Morgan fingerprint density at radius 1 is 1.32 bits per heavy atom. The third kappa shape index (κ3) is 2.82. The van der Waals surface area contributed by atoms with Crippen molar-refractivity contribution in [3.05, 3.63) is 70.0 Å². The normalized spacial score (nSPS) is 10.8. The zero-order chi connectivity index (χ0) is 13.7. The van der Waals surface area contributed by atoms with Crippen LogP contribution in [-0.4, -0.2) is 9.91 Å². The van der Waals surface area contributed by atoms with Crippen molar-refractivity contribution < 1.29 is 4.92 Å². The second-order valence-electron chi connectivity index (χ2n) is 3.73. The minimum atomic E-state index is -0.496. The van der Waals surface area contributed by atoms with Gasteiger partial charge in [-0.25, -0.2) is 0 Å². The van der Waals surface area contributed by atoms with Gasteiger partial charge in [-0.3, -0.25) is 15.1 Å². The number of benzene rings is 1. The van der Waals surface area contributed by atoms with Crippen LogP contribution in [0.15, 0.2) is 48.8 Å². The lowest BCUT2D eigenvalue weighted by molar-refractivity contribution is -0.385. The number of para-hydroxylation sites is 1. The van der Waals surface area contributed by atoms with Gasteiger partial charge < -0.3 is 0 Å². The summed E-state index contributed by atoms with van der Waals surface area (Å²) in [6.45, 7) is 0. The summed E-state index contributed by atoms with van der Waals surface area (Å²) in [6, 6.07) is 11.7. The molecule has 0 radical (unpaired) electrons. The molecule has 0 bridgehead atoms. The van der Waals surface area contributed by atoms with Crippen molar-refractivity contribution in [1.82, 2.24) is 4.98 Å². The monoisotopic (exact) mass is 251 g/mol. The first-order chi connectivity index (χ1) is 9.22. The van der Waals surface area contributed by atoms with Gasteiger partial charge in [0.15, 0.2) is 0 Å². The number of nitrogens with zero attached hydrogens (tertiary/aromatic N) is 3. The van der Waals surface area contributed by atoms with E-state index in [4.69, 9.17) is 0 Å². The highest BCUT2D eigenvalue weighted by Crippen LogP contribution is 2.26. The second kappa shape index (κ2) is 5.56. The summed E-state index contributed by atoms with van der Waals surface area (Å²) < 4.78 is 0. The van der Waals surface area contributed by atoms with Crippen LogP contribution < -0.4 is 0 Å². The van der Waals surface area contributed by atoms with Crippen LogP contribution in [0.25, 0.3) is 11.6 Å². The van der Waals surface area contributed by atoms with Gasteiger partial charge in [0.1, 0.15) is 6.07 Å². The Labute approximate surface area is 109 Å². The lowest BCUT2D eigenvalue weighted by atomic mass is 10.0.